The molecule has 1 amide bonds. The Kier molecular flexibility index (Phi) is 7.47. The van der Waals surface area contributed by atoms with Crippen molar-refractivity contribution in [2.24, 2.45) is 0 Å². The summed E-state index contributed by atoms with van der Waals surface area (Å²) in [4.78, 5) is 17.7. The number of rotatable bonds is 9. The lowest BCUT2D eigenvalue weighted by Crippen LogP contribution is -2.42. The van der Waals surface area contributed by atoms with Crippen LogP contribution in [0.3, 0.4) is 0 Å². The summed E-state index contributed by atoms with van der Waals surface area (Å²) in [6.45, 7) is 2.84. The summed E-state index contributed by atoms with van der Waals surface area (Å²) in [6.07, 6.45) is 6.94. The highest BCUT2D eigenvalue weighted by molar-refractivity contribution is 7.88. The Balaban J connectivity index is 2.54. The molecule has 0 aromatic carbocycles. The molecule has 1 heterocycles. The van der Waals surface area contributed by atoms with Gasteiger partial charge in [-0.15, -0.1) is 0 Å². The van der Waals surface area contributed by atoms with Crippen LogP contribution in [0.2, 0.25) is 0 Å². The van der Waals surface area contributed by atoms with Gasteiger partial charge in [-0.25, -0.2) is 8.42 Å². The average molecular weight is 327 g/mol. The Bertz CT molecular complexity index is 561. The van der Waals surface area contributed by atoms with E-state index in [1.807, 2.05) is 19.1 Å². The lowest BCUT2D eigenvalue weighted by molar-refractivity contribution is -0.130. The molecule has 0 fully saturated rings. The van der Waals surface area contributed by atoms with E-state index in [0.29, 0.717) is 13.1 Å². The molecule has 1 rings (SSSR count). The van der Waals surface area contributed by atoms with E-state index >= 15 is 0 Å². The lowest BCUT2D eigenvalue weighted by atomic mass is 10.2. The number of amides is 1. The van der Waals surface area contributed by atoms with Crippen LogP contribution in [0.1, 0.15) is 25.3 Å². The highest BCUT2D eigenvalue weighted by atomic mass is 32.2. The molecular weight excluding hydrogens is 302 g/mol. The number of sulfonamides is 1. The fourth-order valence-electron chi connectivity index (χ4n) is 1.94. The molecular formula is C15H25N3O3S. The molecule has 1 aromatic heterocycles. The molecule has 0 radical (unpaired) electrons. The summed E-state index contributed by atoms with van der Waals surface area (Å²) < 4.78 is 24.7. The standard InChI is InChI=1S/C15H25N3O3S/c1-4-5-11-18(22(3,20)21)13-15(19)17(2)12-8-14-6-9-16-10-7-14/h6-7,9-10H,4-5,8,11-13H2,1-3H3. The molecule has 0 N–H and O–H groups in total. The van der Waals surface area contributed by atoms with Crippen LogP contribution in [-0.2, 0) is 21.2 Å². The number of hydrogen-bond acceptors (Lipinski definition) is 4. The van der Waals surface area contributed by atoms with Gasteiger partial charge in [-0.05, 0) is 30.5 Å². The second-order valence-corrected chi connectivity index (χ2v) is 7.35. The van der Waals surface area contributed by atoms with E-state index in [2.05, 4.69) is 4.98 Å². The third-order valence-electron chi connectivity index (χ3n) is 3.45. The third kappa shape index (κ3) is 6.53. The number of unbranched alkanes of at least 4 members (excludes halogenated alkanes) is 1. The number of hydrogen-bond donors (Lipinski definition) is 0. The zero-order valence-electron chi connectivity index (χ0n) is 13.5. The summed E-state index contributed by atoms with van der Waals surface area (Å²) in [5, 5.41) is 0. The molecule has 0 aliphatic rings. The van der Waals surface area contributed by atoms with Gasteiger partial charge in [-0.2, -0.15) is 4.31 Å². The van der Waals surface area contributed by atoms with Crippen molar-refractivity contribution in [3.05, 3.63) is 30.1 Å². The van der Waals surface area contributed by atoms with E-state index in [1.54, 1.807) is 24.3 Å². The van der Waals surface area contributed by atoms with Crippen LogP contribution in [0.5, 0.6) is 0 Å². The van der Waals surface area contributed by atoms with E-state index in [4.69, 9.17) is 0 Å². The van der Waals surface area contributed by atoms with Gasteiger partial charge in [-0.1, -0.05) is 13.3 Å². The van der Waals surface area contributed by atoms with E-state index in [1.165, 1.54) is 4.31 Å². The van der Waals surface area contributed by atoms with Crippen LogP contribution in [0.15, 0.2) is 24.5 Å². The first-order valence-electron chi connectivity index (χ1n) is 7.42. The highest BCUT2D eigenvalue weighted by Crippen LogP contribution is 2.04. The molecule has 1 aromatic rings. The van der Waals surface area contributed by atoms with Gasteiger partial charge in [0.2, 0.25) is 15.9 Å². The van der Waals surface area contributed by atoms with Gasteiger partial charge in [0.25, 0.3) is 0 Å². The van der Waals surface area contributed by atoms with Crippen LogP contribution >= 0.6 is 0 Å². The summed E-state index contributed by atoms with van der Waals surface area (Å²) in [6, 6.07) is 3.81. The van der Waals surface area contributed by atoms with E-state index in [-0.39, 0.29) is 12.5 Å². The van der Waals surface area contributed by atoms with Crippen molar-refractivity contribution in [2.45, 2.75) is 26.2 Å². The van der Waals surface area contributed by atoms with Crippen molar-refractivity contribution >= 4 is 15.9 Å². The molecule has 0 saturated heterocycles. The summed E-state index contributed by atoms with van der Waals surface area (Å²) >= 11 is 0. The maximum atomic E-state index is 12.2. The largest absolute Gasteiger partial charge is 0.344 e. The molecule has 124 valence electrons. The Morgan fingerprint density at radius 3 is 2.41 bits per heavy atom. The average Bonchev–Trinajstić information content (AvgIpc) is 2.48. The van der Waals surface area contributed by atoms with Crippen molar-refractivity contribution in [1.29, 1.82) is 0 Å². The fourth-order valence-corrected chi connectivity index (χ4v) is 2.74. The second kappa shape index (κ2) is 8.85. The number of pyridine rings is 1. The minimum Gasteiger partial charge on any atom is -0.344 e. The topological polar surface area (TPSA) is 70.6 Å². The minimum absolute atomic E-state index is 0.0916. The van der Waals surface area contributed by atoms with Gasteiger partial charge < -0.3 is 4.90 Å². The zero-order valence-corrected chi connectivity index (χ0v) is 14.3. The zero-order chi connectivity index (χ0) is 16.6. The van der Waals surface area contributed by atoms with Crippen LogP contribution in [0, 0.1) is 0 Å². The number of aromatic nitrogens is 1. The van der Waals surface area contributed by atoms with Gasteiger partial charge in [0, 0.05) is 32.5 Å². The molecule has 0 aliphatic heterocycles. The molecule has 0 aliphatic carbocycles. The van der Waals surface area contributed by atoms with Crippen LogP contribution in [0.4, 0.5) is 0 Å². The van der Waals surface area contributed by atoms with Crippen LogP contribution in [0.25, 0.3) is 0 Å². The first-order chi connectivity index (χ1) is 10.3. The fraction of sp³-hybridized carbons (Fsp3) is 0.600. The minimum atomic E-state index is -3.36. The molecule has 6 nitrogen and oxygen atoms in total. The first-order valence-corrected chi connectivity index (χ1v) is 9.27. The molecule has 0 spiro atoms. The Hall–Kier alpha value is -1.47. The van der Waals surface area contributed by atoms with Gasteiger partial charge >= 0.3 is 0 Å². The normalized spacial score (nSPS) is 11.6. The van der Waals surface area contributed by atoms with Gasteiger partial charge in [-0.3, -0.25) is 9.78 Å². The highest BCUT2D eigenvalue weighted by Gasteiger charge is 2.21. The third-order valence-corrected chi connectivity index (χ3v) is 4.70. The van der Waals surface area contributed by atoms with Crippen molar-refractivity contribution in [3.8, 4) is 0 Å². The summed E-state index contributed by atoms with van der Waals surface area (Å²) in [7, 11) is -1.66. The van der Waals surface area contributed by atoms with E-state index in [9.17, 15) is 13.2 Å². The van der Waals surface area contributed by atoms with Crippen molar-refractivity contribution in [1.82, 2.24) is 14.2 Å². The first kappa shape index (κ1) is 18.6. The molecule has 0 atom stereocenters. The van der Waals surface area contributed by atoms with Gasteiger partial charge in [0.15, 0.2) is 0 Å². The van der Waals surface area contributed by atoms with Crippen LogP contribution in [-0.4, -0.2) is 61.5 Å². The molecule has 22 heavy (non-hydrogen) atoms. The maximum absolute atomic E-state index is 12.2. The van der Waals surface area contributed by atoms with Crippen molar-refractivity contribution in [2.75, 3.05) is 32.9 Å². The number of likely N-dealkylation sites (N-methyl/N-ethyl adjacent to an activating group) is 1. The molecule has 0 unspecified atom stereocenters. The predicted molar refractivity (Wildman–Crippen MR) is 86.9 cm³/mol. The number of nitrogens with zero attached hydrogens (tertiary/aromatic N) is 3. The summed E-state index contributed by atoms with van der Waals surface area (Å²) in [5.41, 5.74) is 1.10. The monoisotopic (exact) mass is 327 g/mol. The maximum Gasteiger partial charge on any atom is 0.237 e. The van der Waals surface area contributed by atoms with Gasteiger partial charge in [0.1, 0.15) is 0 Å². The Morgan fingerprint density at radius 2 is 1.86 bits per heavy atom. The summed E-state index contributed by atoms with van der Waals surface area (Å²) in [5.74, 6) is -0.185. The van der Waals surface area contributed by atoms with Crippen molar-refractivity contribution in [3.63, 3.8) is 0 Å². The van der Waals surface area contributed by atoms with E-state index < -0.39 is 10.0 Å². The van der Waals surface area contributed by atoms with Crippen molar-refractivity contribution < 1.29 is 13.2 Å². The number of carbonyl (C=O) groups excluding carboxylic acids is 1. The Morgan fingerprint density at radius 1 is 1.23 bits per heavy atom. The molecule has 0 bridgehead atoms. The smallest absolute Gasteiger partial charge is 0.237 e. The SMILES string of the molecule is CCCCN(CC(=O)N(C)CCc1ccncc1)S(C)(=O)=O. The van der Waals surface area contributed by atoms with Crippen LogP contribution < -0.4 is 0 Å². The molecule has 7 heteroatoms. The Labute approximate surface area is 133 Å². The number of carbonyl (C=O) groups is 1. The lowest BCUT2D eigenvalue weighted by Gasteiger charge is -2.23. The quantitative estimate of drug-likeness (QED) is 0.682. The molecule has 0 saturated carbocycles. The van der Waals surface area contributed by atoms with E-state index in [0.717, 1.165) is 31.1 Å². The predicted octanol–water partition coefficient (Wildman–Crippen LogP) is 1.14. The second-order valence-electron chi connectivity index (χ2n) is 5.37. The van der Waals surface area contributed by atoms with Gasteiger partial charge in [0.05, 0.1) is 12.8 Å².